The Kier molecular flexibility index (Phi) is 4.32. The minimum absolute atomic E-state index is 0.00143. The first-order chi connectivity index (χ1) is 9.54. The van der Waals surface area contributed by atoms with Crippen LogP contribution in [0.25, 0.3) is 6.08 Å². The summed E-state index contributed by atoms with van der Waals surface area (Å²) in [6.45, 7) is 0. The van der Waals surface area contributed by atoms with Crippen molar-refractivity contribution in [2.45, 2.75) is 0 Å². The quantitative estimate of drug-likeness (QED) is 0.872. The van der Waals surface area contributed by atoms with Crippen molar-refractivity contribution in [3.8, 4) is 11.5 Å². The highest BCUT2D eigenvalue weighted by molar-refractivity contribution is 6.30. The van der Waals surface area contributed by atoms with Crippen LogP contribution in [0.2, 0.25) is 5.02 Å². The van der Waals surface area contributed by atoms with Crippen molar-refractivity contribution in [1.29, 1.82) is 0 Å². The van der Waals surface area contributed by atoms with Gasteiger partial charge in [0, 0.05) is 18.3 Å². The second-order valence-electron chi connectivity index (χ2n) is 3.80. The number of aliphatic carboxylic acids is 1. The van der Waals surface area contributed by atoms with E-state index in [0.717, 1.165) is 6.08 Å². The standard InChI is InChI=1S/C14H9ClFNO3/c15-10-6-11(8-17-7-10)20-13-3-1-9(5-12(13)16)2-4-14(18)19/h1-8H,(H,18,19). The lowest BCUT2D eigenvalue weighted by molar-refractivity contribution is -0.131. The van der Waals surface area contributed by atoms with E-state index in [-0.39, 0.29) is 5.75 Å². The molecule has 1 N–H and O–H groups in total. The Morgan fingerprint density at radius 3 is 2.80 bits per heavy atom. The third kappa shape index (κ3) is 3.80. The molecule has 0 aliphatic heterocycles. The molecule has 2 aromatic rings. The van der Waals surface area contributed by atoms with E-state index in [9.17, 15) is 9.18 Å². The largest absolute Gasteiger partial charge is 0.478 e. The number of pyridine rings is 1. The minimum Gasteiger partial charge on any atom is -0.478 e. The van der Waals surface area contributed by atoms with E-state index >= 15 is 0 Å². The van der Waals surface area contributed by atoms with Crippen LogP contribution < -0.4 is 4.74 Å². The number of halogens is 2. The molecule has 0 saturated heterocycles. The van der Waals surface area contributed by atoms with E-state index in [1.54, 1.807) is 0 Å². The van der Waals surface area contributed by atoms with Crippen LogP contribution in [0.4, 0.5) is 4.39 Å². The number of carbonyl (C=O) groups is 1. The highest BCUT2D eigenvalue weighted by Crippen LogP contribution is 2.26. The average molecular weight is 294 g/mol. The molecule has 0 saturated carbocycles. The molecule has 0 fully saturated rings. The monoisotopic (exact) mass is 293 g/mol. The molecule has 0 spiro atoms. The number of hydrogen-bond acceptors (Lipinski definition) is 3. The molecular formula is C14H9ClFNO3. The Morgan fingerprint density at radius 2 is 2.15 bits per heavy atom. The number of rotatable bonds is 4. The lowest BCUT2D eigenvalue weighted by Crippen LogP contribution is -1.90. The summed E-state index contributed by atoms with van der Waals surface area (Å²) in [5, 5.41) is 8.87. The highest BCUT2D eigenvalue weighted by atomic mass is 35.5. The van der Waals surface area contributed by atoms with Crippen molar-refractivity contribution in [2.75, 3.05) is 0 Å². The molecule has 6 heteroatoms. The third-order valence-corrected chi connectivity index (χ3v) is 2.49. The van der Waals surface area contributed by atoms with Crippen molar-refractivity contribution in [2.24, 2.45) is 0 Å². The first-order valence-electron chi connectivity index (χ1n) is 5.53. The fourth-order valence-corrected chi connectivity index (χ4v) is 1.61. The molecule has 1 heterocycles. The zero-order chi connectivity index (χ0) is 14.5. The molecule has 0 bridgehead atoms. The number of nitrogens with zero attached hydrogens (tertiary/aromatic N) is 1. The highest BCUT2D eigenvalue weighted by Gasteiger charge is 2.06. The van der Waals surface area contributed by atoms with Crippen LogP contribution in [-0.4, -0.2) is 16.1 Å². The SMILES string of the molecule is O=C(O)C=Cc1ccc(Oc2cncc(Cl)c2)c(F)c1. The van der Waals surface area contributed by atoms with Crippen molar-refractivity contribution >= 4 is 23.6 Å². The van der Waals surface area contributed by atoms with E-state index in [2.05, 4.69) is 4.98 Å². The van der Waals surface area contributed by atoms with E-state index in [4.69, 9.17) is 21.4 Å². The fourth-order valence-electron chi connectivity index (χ4n) is 1.45. The van der Waals surface area contributed by atoms with Gasteiger partial charge in [-0.2, -0.15) is 0 Å². The molecule has 0 aliphatic rings. The summed E-state index contributed by atoms with van der Waals surface area (Å²) in [4.78, 5) is 14.2. The van der Waals surface area contributed by atoms with Gasteiger partial charge < -0.3 is 9.84 Å². The molecule has 0 aliphatic carbocycles. The van der Waals surface area contributed by atoms with Gasteiger partial charge in [-0.25, -0.2) is 9.18 Å². The number of carboxylic acid groups (broad SMARTS) is 1. The molecule has 0 unspecified atom stereocenters. The number of ether oxygens (including phenoxy) is 1. The normalized spacial score (nSPS) is 10.7. The van der Waals surface area contributed by atoms with Gasteiger partial charge >= 0.3 is 5.97 Å². The van der Waals surface area contributed by atoms with Gasteiger partial charge in [0.25, 0.3) is 0 Å². The van der Waals surface area contributed by atoms with E-state index in [0.29, 0.717) is 16.3 Å². The van der Waals surface area contributed by atoms with Gasteiger partial charge in [0.15, 0.2) is 11.6 Å². The molecule has 1 aromatic carbocycles. The zero-order valence-electron chi connectivity index (χ0n) is 10.1. The molecular weight excluding hydrogens is 285 g/mol. The number of benzene rings is 1. The predicted molar refractivity (Wildman–Crippen MR) is 72.4 cm³/mol. The Morgan fingerprint density at radius 1 is 1.35 bits per heavy atom. The third-order valence-electron chi connectivity index (χ3n) is 2.28. The van der Waals surface area contributed by atoms with Gasteiger partial charge in [-0.3, -0.25) is 4.98 Å². The Hall–Kier alpha value is -2.40. The Balaban J connectivity index is 2.20. The van der Waals surface area contributed by atoms with Crippen LogP contribution in [0.15, 0.2) is 42.7 Å². The molecule has 0 radical (unpaired) electrons. The summed E-state index contributed by atoms with van der Waals surface area (Å²) in [5.74, 6) is -1.40. The Bertz CT molecular complexity index is 673. The first-order valence-corrected chi connectivity index (χ1v) is 5.91. The average Bonchev–Trinajstić information content (AvgIpc) is 2.39. The summed E-state index contributed by atoms with van der Waals surface area (Å²) < 4.78 is 19.1. The van der Waals surface area contributed by atoms with Crippen LogP contribution in [-0.2, 0) is 4.79 Å². The lowest BCUT2D eigenvalue weighted by Gasteiger charge is -2.07. The van der Waals surface area contributed by atoms with Crippen LogP contribution in [0, 0.1) is 5.82 Å². The van der Waals surface area contributed by atoms with Gasteiger partial charge in [-0.1, -0.05) is 17.7 Å². The van der Waals surface area contributed by atoms with Crippen LogP contribution in [0.3, 0.4) is 0 Å². The van der Waals surface area contributed by atoms with Gasteiger partial charge in [-0.15, -0.1) is 0 Å². The molecule has 20 heavy (non-hydrogen) atoms. The fraction of sp³-hybridized carbons (Fsp3) is 0. The Labute approximate surface area is 119 Å². The summed E-state index contributed by atoms with van der Waals surface area (Å²) in [7, 11) is 0. The van der Waals surface area contributed by atoms with E-state index in [1.165, 1.54) is 42.7 Å². The molecule has 2 rings (SSSR count). The first kappa shape index (κ1) is 14.0. The molecule has 0 amide bonds. The predicted octanol–water partition coefficient (Wildman–Crippen LogP) is 3.76. The van der Waals surface area contributed by atoms with Crippen molar-refractivity contribution in [3.63, 3.8) is 0 Å². The summed E-state index contributed by atoms with van der Waals surface area (Å²) in [5.41, 5.74) is 0.418. The molecule has 4 nitrogen and oxygen atoms in total. The van der Waals surface area contributed by atoms with Crippen molar-refractivity contribution in [3.05, 3.63) is 59.1 Å². The zero-order valence-corrected chi connectivity index (χ0v) is 10.8. The lowest BCUT2D eigenvalue weighted by atomic mass is 10.2. The van der Waals surface area contributed by atoms with Gasteiger partial charge in [-0.05, 0) is 23.8 Å². The van der Waals surface area contributed by atoms with Gasteiger partial charge in [0.2, 0.25) is 0 Å². The topological polar surface area (TPSA) is 59.4 Å². The smallest absolute Gasteiger partial charge is 0.328 e. The number of hydrogen-bond donors (Lipinski definition) is 1. The maximum Gasteiger partial charge on any atom is 0.328 e. The summed E-state index contributed by atoms with van der Waals surface area (Å²) in [6, 6.07) is 5.62. The van der Waals surface area contributed by atoms with Gasteiger partial charge in [0.05, 0.1) is 11.2 Å². The van der Waals surface area contributed by atoms with E-state index < -0.39 is 11.8 Å². The van der Waals surface area contributed by atoms with Crippen LogP contribution in [0.5, 0.6) is 11.5 Å². The number of carboxylic acids is 1. The van der Waals surface area contributed by atoms with Crippen LogP contribution >= 0.6 is 11.6 Å². The van der Waals surface area contributed by atoms with E-state index in [1.807, 2.05) is 0 Å². The van der Waals surface area contributed by atoms with Gasteiger partial charge in [0.1, 0.15) is 5.75 Å². The van der Waals surface area contributed by atoms with Crippen molar-refractivity contribution < 1.29 is 19.0 Å². The maximum atomic E-state index is 13.8. The maximum absolute atomic E-state index is 13.8. The molecule has 1 aromatic heterocycles. The summed E-state index contributed by atoms with van der Waals surface area (Å²) >= 11 is 5.75. The van der Waals surface area contributed by atoms with Crippen molar-refractivity contribution in [1.82, 2.24) is 4.98 Å². The second-order valence-corrected chi connectivity index (χ2v) is 4.24. The molecule has 102 valence electrons. The number of aromatic nitrogens is 1. The molecule has 0 atom stereocenters. The minimum atomic E-state index is -1.10. The summed E-state index contributed by atoms with van der Waals surface area (Å²) in [6.07, 6.45) is 5.06. The second kappa shape index (κ2) is 6.16. The van der Waals surface area contributed by atoms with Crippen LogP contribution in [0.1, 0.15) is 5.56 Å².